The molecule has 9 heteroatoms. The number of Topliss-reactive ketones (excluding diaryl/α,β-unsaturated/α-hetero) is 1. The number of pyridine rings is 1. The Morgan fingerprint density at radius 3 is 2.46 bits per heavy atom. The lowest BCUT2D eigenvalue weighted by atomic mass is 9.95. The monoisotopic (exact) mass is 470 g/mol. The fraction of sp³-hybridized carbons (Fsp3) is 0.154. The van der Waals surface area contributed by atoms with E-state index >= 15 is 0 Å². The van der Waals surface area contributed by atoms with Crippen LogP contribution in [-0.4, -0.2) is 46.0 Å². The van der Waals surface area contributed by atoms with E-state index in [1.165, 1.54) is 19.1 Å². The highest BCUT2D eigenvalue weighted by Crippen LogP contribution is 2.44. The number of ether oxygens (including phenoxy) is 2. The summed E-state index contributed by atoms with van der Waals surface area (Å²) in [5, 5.41) is 11.5. The van der Waals surface area contributed by atoms with Crippen molar-refractivity contribution >= 4 is 34.4 Å². The number of anilines is 1. The Balaban J connectivity index is 1.77. The van der Waals surface area contributed by atoms with Gasteiger partial charge >= 0.3 is 5.91 Å². The summed E-state index contributed by atoms with van der Waals surface area (Å²) in [6.07, 6.45) is 3.13. The number of aliphatic hydroxyl groups excluding tert-OH is 1. The number of benzene rings is 2. The first kappa shape index (κ1) is 22.1. The van der Waals surface area contributed by atoms with Crippen LogP contribution in [0.15, 0.2) is 66.5 Å². The van der Waals surface area contributed by atoms with Crippen LogP contribution in [0.25, 0.3) is 16.8 Å². The van der Waals surface area contributed by atoms with Crippen molar-refractivity contribution in [2.45, 2.75) is 13.0 Å². The van der Waals surface area contributed by atoms with Crippen LogP contribution in [0, 0.1) is 6.92 Å². The van der Waals surface area contributed by atoms with Crippen LogP contribution >= 0.6 is 0 Å². The highest BCUT2D eigenvalue weighted by Gasteiger charge is 2.48. The highest BCUT2D eigenvalue weighted by atomic mass is 16.5. The number of H-pyrrole nitrogens is 1. The predicted octanol–water partition coefficient (Wildman–Crippen LogP) is 3.91. The zero-order valence-corrected chi connectivity index (χ0v) is 19.3. The summed E-state index contributed by atoms with van der Waals surface area (Å²) in [6.45, 7) is 1.95. The number of fused-ring (bicyclic) bond motifs is 1. The molecule has 4 aromatic rings. The van der Waals surface area contributed by atoms with Gasteiger partial charge in [-0.15, -0.1) is 0 Å². The quantitative estimate of drug-likeness (QED) is 0.258. The Morgan fingerprint density at radius 1 is 1.06 bits per heavy atom. The van der Waals surface area contributed by atoms with Crippen molar-refractivity contribution in [2.24, 2.45) is 0 Å². The van der Waals surface area contributed by atoms with Crippen molar-refractivity contribution in [3.63, 3.8) is 0 Å². The molecule has 35 heavy (non-hydrogen) atoms. The van der Waals surface area contributed by atoms with E-state index in [4.69, 9.17) is 9.47 Å². The Morgan fingerprint density at radius 2 is 1.80 bits per heavy atom. The first-order valence-corrected chi connectivity index (χ1v) is 10.8. The number of hydrogen-bond acceptors (Lipinski definition) is 7. The molecule has 2 aromatic carbocycles. The number of ketones is 1. The van der Waals surface area contributed by atoms with E-state index in [1.807, 2.05) is 25.1 Å². The molecule has 1 saturated heterocycles. The molecule has 1 unspecified atom stereocenters. The van der Waals surface area contributed by atoms with Gasteiger partial charge in [-0.2, -0.15) is 0 Å². The molecule has 2 N–H and O–H groups in total. The fourth-order valence-electron chi connectivity index (χ4n) is 4.35. The van der Waals surface area contributed by atoms with E-state index < -0.39 is 23.5 Å². The number of carbonyl (C=O) groups excluding carboxylic acids is 2. The van der Waals surface area contributed by atoms with Gasteiger partial charge in [0.2, 0.25) is 5.95 Å². The topological polar surface area (TPSA) is 118 Å². The summed E-state index contributed by atoms with van der Waals surface area (Å²) >= 11 is 0. The number of carbonyl (C=O) groups is 2. The van der Waals surface area contributed by atoms with Crippen LogP contribution in [-0.2, 0) is 9.59 Å². The molecule has 1 fully saturated rings. The second-order valence-electron chi connectivity index (χ2n) is 8.07. The van der Waals surface area contributed by atoms with E-state index in [-0.39, 0.29) is 28.6 Å². The summed E-state index contributed by atoms with van der Waals surface area (Å²) in [4.78, 5) is 39.9. The lowest BCUT2D eigenvalue weighted by Gasteiger charge is -2.23. The molecule has 0 saturated carbocycles. The molecule has 0 spiro atoms. The number of aromatic amines is 1. The van der Waals surface area contributed by atoms with Crippen LogP contribution in [0.3, 0.4) is 0 Å². The molecule has 176 valence electrons. The zero-order chi connectivity index (χ0) is 24.7. The summed E-state index contributed by atoms with van der Waals surface area (Å²) in [5.41, 5.74) is 2.95. The third kappa shape index (κ3) is 3.57. The number of rotatable bonds is 5. The first-order chi connectivity index (χ1) is 16.9. The Hall–Kier alpha value is -4.66. The van der Waals surface area contributed by atoms with Crippen LogP contribution in [0.5, 0.6) is 11.5 Å². The van der Waals surface area contributed by atoms with Gasteiger partial charge in [-0.05, 0) is 48.4 Å². The molecule has 0 radical (unpaired) electrons. The van der Waals surface area contributed by atoms with Crippen molar-refractivity contribution in [3.05, 3.63) is 83.2 Å². The smallest absolute Gasteiger partial charge is 0.302 e. The van der Waals surface area contributed by atoms with Crippen molar-refractivity contribution in [3.8, 4) is 11.5 Å². The third-order valence-corrected chi connectivity index (χ3v) is 5.96. The number of nitrogens with one attached hydrogen (secondary N) is 1. The van der Waals surface area contributed by atoms with Gasteiger partial charge in [0.25, 0.3) is 5.78 Å². The standard InChI is InChI=1S/C26H22N4O5/c1-14-9-10-16-17(12-14)29-26(28-16)30-22(15-6-5-11-27-13-15)21(24(32)25(30)33)23(31)20-18(34-2)7-4-8-19(20)35-3/h4-13,22,31H,1-3H3,(H,28,29)/b23-21+. The van der Waals surface area contributed by atoms with Gasteiger partial charge in [-0.25, -0.2) is 4.98 Å². The van der Waals surface area contributed by atoms with Gasteiger partial charge in [0.15, 0.2) is 0 Å². The van der Waals surface area contributed by atoms with Crippen LogP contribution < -0.4 is 14.4 Å². The van der Waals surface area contributed by atoms with Crippen molar-refractivity contribution in [2.75, 3.05) is 19.1 Å². The van der Waals surface area contributed by atoms with Gasteiger partial charge in [0.05, 0.1) is 36.9 Å². The highest BCUT2D eigenvalue weighted by molar-refractivity contribution is 6.51. The Kier molecular flexibility index (Phi) is 5.44. The Labute approximate surface area is 200 Å². The number of methoxy groups -OCH3 is 2. The van der Waals surface area contributed by atoms with Crippen LogP contribution in [0.4, 0.5) is 5.95 Å². The van der Waals surface area contributed by atoms with E-state index in [9.17, 15) is 14.7 Å². The molecule has 1 amide bonds. The largest absolute Gasteiger partial charge is 0.506 e. The molecule has 0 aliphatic carbocycles. The van der Waals surface area contributed by atoms with E-state index in [0.717, 1.165) is 11.1 Å². The number of aryl methyl sites for hydroxylation is 1. The van der Waals surface area contributed by atoms with Crippen molar-refractivity contribution in [1.29, 1.82) is 0 Å². The summed E-state index contributed by atoms with van der Waals surface area (Å²) < 4.78 is 10.8. The maximum absolute atomic E-state index is 13.4. The minimum atomic E-state index is -0.986. The number of imidazole rings is 1. The molecule has 5 rings (SSSR count). The fourth-order valence-corrected chi connectivity index (χ4v) is 4.35. The molecule has 1 aliphatic heterocycles. The molecule has 3 heterocycles. The Bertz CT molecular complexity index is 1470. The van der Waals surface area contributed by atoms with Gasteiger partial charge in [0.1, 0.15) is 22.8 Å². The molecule has 2 aromatic heterocycles. The number of hydrogen-bond donors (Lipinski definition) is 2. The van der Waals surface area contributed by atoms with E-state index in [2.05, 4.69) is 15.0 Å². The van der Waals surface area contributed by atoms with E-state index in [1.54, 1.807) is 42.7 Å². The van der Waals surface area contributed by atoms with Crippen molar-refractivity contribution in [1.82, 2.24) is 15.0 Å². The second kappa shape index (κ2) is 8.60. The number of nitrogens with zero attached hydrogens (tertiary/aromatic N) is 3. The van der Waals surface area contributed by atoms with E-state index in [0.29, 0.717) is 11.1 Å². The molecule has 1 atom stereocenters. The first-order valence-electron chi connectivity index (χ1n) is 10.8. The number of amides is 1. The van der Waals surface area contributed by atoms with Gasteiger partial charge in [0, 0.05) is 12.4 Å². The number of aromatic nitrogens is 3. The maximum Gasteiger partial charge on any atom is 0.302 e. The maximum atomic E-state index is 13.4. The molecular formula is C26H22N4O5. The van der Waals surface area contributed by atoms with Crippen molar-refractivity contribution < 1.29 is 24.2 Å². The predicted molar refractivity (Wildman–Crippen MR) is 129 cm³/mol. The molecule has 0 bridgehead atoms. The van der Waals surface area contributed by atoms with Gasteiger partial charge in [-0.1, -0.05) is 18.2 Å². The third-order valence-electron chi connectivity index (χ3n) is 5.96. The molecule has 1 aliphatic rings. The normalized spacial score (nSPS) is 17.2. The minimum Gasteiger partial charge on any atom is -0.506 e. The van der Waals surface area contributed by atoms with Gasteiger partial charge < -0.3 is 19.6 Å². The second-order valence-corrected chi connectivity index (χ2v) is 8.07. The van der Waals surface area contributed by atoms with Crippen LogP contribution in [0.1, 0.15) is 22.7 Å². The average molecular weight is 470 g/mol. The van der Waals surface area contributed by atoms with Gasteiger partial charge in [-0.3, -0.25) is 19.5 Å². The lowest BCUT2D eigenvalue weighted by molar-refractivity contribution is -0.132. The molecular weight excluding hydrogens is 448 g/mol. The number of aliphatic hydroxyl groups is 1. The SMILES string of the molecule is COc1cccc(OC)c1/C(O)=C1\C(=O)C(=O)N(c2nc3ccc(C)cc3[nH]2)C1c1cccnc1. The summed E-state index contributed by atoms with van der Waals surface area (Å²) in [6, 6.07) is 13.1. The molecule has 9 nitrogen and oxygen atoms in total. The summed E-state index contributed by atoms with van der Waals surface area (Å²) in [7, 11) is 2.89. The average Bonchev–Trinajstić information content (AvgIpc) is 3.41. The zero-order valence-electron chi connectivity index (χ0n) is 19.3. The minimum absolute atomic E-state index is 0.123. The lowest BCUT2D eigenvalue weighted by Crippen LogP contribution is -2.30. The summed E-state index contributed by atoms with van der Waals surface area (Å²) in [5.74, 6) is -1.34. The van der Waals surface area contributed by atoms with Crippen LogP contribution in [0.2, 0.25) is 0 Å².